The van der Waals surface area contributed by atoms with Gasteiger partial charge in [0.15, 0.2) is 9.96 Å². The molecule has 0 aromatic heterocycles. The molecule has 6 nitrogen and oxygen atoms in total. The number of methoxy groups -OCH3 is 1. The van der Waals surface area contributed by atoms with Crippen molar-refractivity contribution in [2.75, 3.05) is 27.1 Å². The first-order chi connectivity index (χ1) is 14.5. The van der Waals surface area contributed by atoms with Gasteiger partial charge in [-0.3, -0.25) is 14.5 Å². The topological polar surface area (TPSA) is 59.1 Å². The Labute approximate surface area is 183 Å². The van der Waals surface area contributed by atoms with Gasteiger partial charge in [0.2, 0.25) is 5.94 Å². The summed E-state index contributed by atoms with van der Waals surface area (Å²) in [4.78, 5) is 29.3. The summed E-state index contributed by atoms with van der Waals surface area (Å²) in [5, 5.41) is -1.03. The normalized spacial score (nSPS) is 26.1. The van der Waals surface area contributed by atoms with E-state index >= 15 is 0 Å². The minimum absolute atomic E-state index is 0.0164. The van der Waals surface area contributed by atoms with E-state index in [4.69, 9.17) is 9.47 Å². The van der Waals surface area contributed by atoms with Crippen molar-refractivity contribution >= 4 is 34.5 Å². The number of piperazine rings is 1. The van der Waals surface area contributed by atoms with E-state index in [0.29, 0.717) is 12.5 Å². The van der Waals surface area contributed by atoms with Crippen LogP contribution in [-0.4, -0.2) is 59.5 Å². The number of thioether (sulfide) groups is 1. The van der Waals surface area contributed by atoms with E-state index in [-0.39, 0.29) is 16.4 Å². The van der Waals surface area contributed by atoms with Crippen molar-refractivity contribution in [3.05, 3.63) is 65.7 Å². The van der Waals surface area contributed by atoms with Crippen LogP contribution in [-0.2, 0) is 31.8 Å². The second kappa shape index (κ2) is 8.91. The summed E-state index contributed by atoms with van der Waals surface area (Å²) < 4.78 is 11.4. The Morgan fingerprint density at radius 2 is 1.67 bits per heavy atom. The smallest absolute Gasteiger partial charge is 0.298 e. The summed E-state index contributed by atoms with van der Waals surface area (Å²) in [5.74, 6) is 1.15. The zero-order chi connectivity index (χ0) is 21.3. The number of ether oxygens (including phenoxy) is 2. The van der Waals surface area contributed by atoms with Crippen LogP contribution in [0.15, 0.2) is 54.6 Å². The van der Waals surface area contributed by atoms with Gasteiger partial charge in [-0.05, 0) is 29.8 Å². The number of amides is 2. The maximum atomic E-state index is 13.1. The molecule has 3 heterocycles. The van der Waals surface area contributed by atoms with Gasteiger partial charge in [0.25, 0.3) is 17.2 Å². The lowest BCUT2D eigenvalue weighted by Gasteiger charge is -2.35. The van der Waals surface area contributed by atoms with Crippen LogP contribution in [0, 0.1) is 0 Å². The summed E-state index contributed by atoms with van der Waals surface area (Å²) in [7, 11) is 4.58. The molecule has 3 aliphatic heterocycles. The number of benzene rings is 2. The Morgan fingerprint density at radius 1 is 0.967 bits per heavy atom. The van der Waals surface area contributed by atoms with Crippen molar-refractivity contribution in [3.8, 4) is 5.75 Å². The Hall–Kier alpha value is -2.16. The monoisotopic (exact) mass is 445 g/mol. The minimum atomic E-state index is -0.517. The number of carbonyl (C=O) groups is 2. The maximum absolute atomic E-state index is 13.1. The molecule has 8 heteroatoms. The number of likely N-dealkylation sites (N-methyl/N-ethyl adjacent to an activating group) is 2. The van der Waals surface area contributed by atoms with Crippen molar-refractivity contribution in [1.29, 1.82) is 0 Å². The van der Waals surface area contributed by atoms with Gasteiger partial charge in [-0.25, -0.2) is 0 Å². The lowest BCUT2D eigenvalue weighted by atomic mass is 10.2. The van der Waals surface area contributed by atoms with Crippen LogP contribution in [0.3, 0.4) is 0 Å². The van der Waals surface area contributed by atoms with E-state index in [1.807, 2.05) is 54.6 Å². The van der Waals surface area contributed by atoms with Crippen molar-refractivity contribution in [3.63, 3.8) is 0 Å². The van der Waals surface area contributed by atoms with Gasteiger partial charge >= 0.3 is 0 Å². The fraction of sp³-hybridized carbons (Fsp3) is 0.364. The first-order valence-corrected chi connectivity index (χ1v) is 12.1. The third-order valence-electron chi connectivity index (χ3n) is 5.35. The van der Waals surface area contributed by atoms with E-state index in [2.05, 4.69) is 0 Å². The molecule has 158 valence electrons. The third kappa shape index (κ3) is 3.91. The average Bonchev–Trinajstić information content (AvgIpc) is 2.95. The van der Waals surface area contributed by atoms with Crippen LogP contribution in [0.4, 0.5) is 0 Å². The standard InChI is InChI=1S/C22H25N2O4S2/c1-23-19(26)21-24(2)18(25)20(23)29-22(16-9-11-17(27-3)12-10-16)30(21)14-28-13-15-7-5-4-6-8-15/h4-12,20-22H,13-14H2,1-3H3/q+1. The van der Waals surface area contributed by atoms with E-state index in [9.17, 15) is 9.59 Å². The average molecular weight is 446 g/mol. The zero-order valence-electron chi connectivity index (χ0n) is 17.2. The third-order valence-corrected chi connectivity index (χ3v) is 10.1. The van der Waals surface area contributed by atoms with Crippen LogP contribution in [0.25, 0.3) is 0 Å². The molecule has 4 unspecified atom stereocenters. The Morgan fingerprint density at radius 3 is 2.33 bits per heavy atom. The van der Waals surface area contributed by atoms with E-state index < -0.39 is 21.6 Å². The van der Waals surface area contributed by atoms with E-state index in [1.165, 1.54) is 0 Å². The highest BCUT2D eigenvalue weighted by Gasteiger charge is 2.60. The molecule has 0 N–H and O–H groups in total. The van der Waals surface area contributed by atoms with Gasteiger partial charge < -0.3 is 14.4 Å². The summed E-state index contributed by atoms with van der Waals surface area (Å²) in [6, 6.07) is 17.9. The van der Waals surface area contributed by atoms with E-state index in [0.717, 1.165) is 16.9 Å². The van der Waals surface area contributed by atoms with Crippen molar-refractivity contribution in [2.45, 2.75) is 21.9 Å². The second-order valence-corrected chi connectivity index (χ2v) is 10.8. The van der Waals surface area contributed by atoms with E-state index in [1.54, 1.807) is 42.8 Å². The van der Waals surface area contributed by atoms with Crippen molar-refractivity contribution in [1.82, 2.24) is 9.80 Å². The van der Waals surface area contributed by atoms with Crippen LogP contribution >= 0.6 is 11.8 Å². The molecule has 0 aliphatic carbocycles. The minimum Gasteiger partial charge on any atom is -0.497 e. The summed E-state index contributed by atoms with van der Waals surface area (Å²) in [5.41, 5.74) is 2.16. The van der Waals surface area contributed by atoms with Gasteiger partial charge in [0.05, 0.1) is 24.6 Å². The molecule has 3 saturated heterocycles. The predicted molar refractivity (Wildman–Crippen MR) is 120 cm³/mol. The fourth-order valence-corrected chi connectivity index (χ4v) is 8.36. The Bertz CT molecular complexity index is 909. The first-order valence-electron chi connectivity index (χ1n) is 9.64. The molecule has 3 aliphatic rings. The molecular formula is C22H25N2O4S2+. The largest absolute Gasteiger partial charge is 0.497 e. The second-order valence-electron chi connectivity index (χ2n) is 7.27. The number of fused-ring (bicyclic) bond motifs is 4. The number of rotatable bonds is 6. The molecule has 2 aromatic rings. The fourth-order valence-electron chi connectivity index (χ4n) is 3.67. The Balaban J connectivity index is 1.64. The molecule has 3 fully saturated rings. The number of hydrogen-bond donors (Lipinski definition) is 0. The van der Waals surface area contributed by atoms with Gasteiger partial charge in [-0.2, -0.15) is 0 Å². The predicted octanol–water partition coefficient (Wildman–Crippen LogP) is 2.82. The highest BCUT2D eigenvalue weighted by atomic mass is 32.2. The highest BCUT2D eigenvalue weighted by Crippen LogP contribution is 2.48. The molecule has 2 aromatic carbocycles. The van der Waals surface area contributed by atoms with Gasteiger partial charge in [0.1, 0.15) is 5.75 Å². The van der Waals surface area contributed by atoms with Crippen LogP contribution < -0.4 is 4.74 Å². The van der Waals surface area contributed by atoms with Crippen molar-refractivity contribution < 1.29 is 19.1 Å². The first kappa shape index (κ1) is 21.1. The van der Waals surface area contributed by atoms with Crippen LogP contribution in [0.2, 0.25) is 0 Å². The molecule has 2 amide bonds. The Kier molecular flexibility index (Phi) is 6.26. The van der Waals surface area contributed by atoms with Crippen LogP contribution in [0.5, 0.6) is 5.75 Å². The van der Waals surface area contributed by atoms with Crippen molar-refractivity contribution in [2.24, 2.45) is 0 Å². The molecule has 2 bridgehead atoms. The molecule has 0 saturated carbocycles. The highest BCUT2D eigenvalue weighted by molar-refractivity contribution is 8.16. The lowest BCUT2D eigenvalue weighted by molar-refractivity contribution is -0.150. The molecule has 30 heavy (non-hydrogen) atoms. The molecule has 5 rings (SSSR count). The summed E-state index contributed by atoms with van der Waals surface area (Å²) in [6.45, 7) is 0.474. The molecular weight excluding hydrogens is 420 g/mol. The quantitative estimate of drug-likeness (QED) is 0.640. The lowest BCUT2D eigenvalue weighted by Crippen LogP contribution is -2.61. The molecule has 4 atom stereocenters. The summed E-state index contributed by atoms with van der Waals surface area (Å²) in [6.07, 6.45) is 0. The zero-order valence-corrected chi connectivity index (χ0v) is 18.8. The van der Waals surface area contributed by atoms with Gasteiger partial charge in [-0.15, -0.1) is 0 Å². The number of hydrogen-bond acceptors (Lipinski definition) is 5. The molecule has 0 radical (unpaired) electrons. The van der Waals surface area contributed by atoms with Gasteiger partial charge in [-0.1, -0.05) is 42.1 Å². The summed E-state index contributed by atoms with van der Waals surface area (Å²) >= 11 is 1.54. The number of nitrogens with zero attached hydrogens (tertiary/aromatic N) is 2. The van der Waals surface area contributed by atoms with Crippen LogP contribution in [0.1, 0.15) is 15.7 Å². The molecule has 0 spiro atoms. The maximum Gasteiger partial charge on any atom is 0.298 e. The SMILES string of the molecule is COc1ccc(C2SC3C(=O)N(C)C(C(=O)N3C)[S+]2COCc2ccccc2)cc1. The van der Waals surface area contributed by atoms with Gasteiger partial charge in [0, 0.05) is 19.7 Å². The number of carbonyl (C=O) groups excluding carboxylic acids is 2.